The van der Waals surface area contributed by atoms with Crippen molar-refractivity contribution < 1.29 is 0 Å². The highest BCUT2D eigenvalue weighted by atomic mass is 15.1. The number of benzene rings is 1. The van der Waals surface area contributed by atoms with Crippen molar-refractivity contribution in [3.63, 3.8) is 0 Å². The van der Waals surface area contributed by atoms with Gasteiger partial charge in [0.2, 0.25) is 0 Å². The van der Waals surface area contributed by atoms with Crippen molar-refractivity contribution in [2.45, 2.75) is 6.54 Å². The summed E-state index contributed by atoms with van der Waals surface area (Å²) in [6.45, 7) is 0.495. The van der Waals surface area contributed by atoms with E-state index in [2.05, 4.69) is 16.0 Å². The average molecular weight is 290 g/mol. The third-order valence-electron chi connectivity index (χ3n) is 3.42. The van der Waals surface area contributed by atoms with Crippen molar-refractivity contribution in [1.29, 1.82) is 5.26 Å². The number of anilines is 2. The van der Waals surface area contributed by atoms with Crippen LogP contribution in [0.2, 0.25) is 0 Å². The Hall–Kier alpha value is -3.33. The largest absolute Gasteiger partial charge is 0.384 e. The summed E-state index contributed by atoms with van der Waals surface area (Å²) < 4.78 is 1.76. The molecule has 0 aliphatic rings. The van der Waals surface area contributed by atoms with Crippen molar-refractivity contribution in [1.82, 2.24) is 14.5 Å². The van der Waals surface area contributed by atoms with Crippen LogP contribution in [0.3, 0.4) is 0 Å². The normalized spacial score (nSPS) is 11.0. The minimum atomic E-state index is 0.263. The van der Waals surface area contributed by atoms with E-state index in [9.17, 15) is 5.26 Å². The molecule has 6 heteroatoms. The number of aromatic nitrogens is 3. The SMILES string of the molecule is N#Cc1c(N)n(CC=Cc2ccccc2)c2ncnc(N)c12. The summed E-state index contributed by atoms with van der Waals surface area (Å²) in [6.07, 6.45) is 5.32. The minimum absolute atomic E-state index is 0.263. The van der Waals surface area contributed by atoms with Gasteiger partial charge < -0.3 is 16.0 Å². The topological polar surface area (TPSA) is 107 Å². The molecule has 4 N–H and O–H groups in total. The predicted molar refractivity (Wildman–Crippen MR) is 86.5 cm³/mol. The van der Waals surface area contributed by atoms with E-state index < -0.39 is 0 Å². The first kappa shape index (κ1) is 13.6. The molecule has 0 spiro atoms. The number of rotatable bonds is 3. The van der Waals surface area contributed by atoms with Gasteiger partial charge in [0.1, 0.15) is 35.2 Å². The lowest BCUT2D eigenvalue weighted by Gasteiger charge is -2.03. The third kappa shape index (κ3) is 2.25. The Bertz CT molecular complexity index is 886. The van der Waals surface area contributed by atoms with Crippen LogP contribution in [0.1, 0.15) is 11.1 Å². The molecule has 108 valence electrons. The molecule has 0 unspecified atom stereocenters. The number of nitrogens with zero attached hydrogens (tertiary/aromatic N) is 4. The quantitative estimate of drug-likeness (QED) is 0.768. The van der Waals surface area contributed by atoms with Crippen LogP contribution in [0.25, 0.3) is 17.1 Å². The molecule has 2 heterocycles. The molecule has 22 heavy (non-hydrogen) atoms. The van der Waals surface area contributed by atoms with Crippen LogP contribution in [-0.4, -0.2) is 14.5 Å². The zero-order chi connectivity index (χ0) is 15.5. The highest BCUT2D eigenvalue weighted by Gasteiger charge is 2.17. The zero-order valence-electron chi connectivity index (χ0n) is 11.8. The number of nitriles is 1. The van der Waals surface area contributed by atoms with Crippen molar-refractivity contribution >= 4 is 28.7 Å². The molecule has 0 amide bonds. The Balaban J connectivity index is 2.01. The lowest BCUT2D eigenvalue weighted by molar-refractivity contribution is 0.862. The van der Waals surface area contributed by atoms with Gasteiger partial charge in [-0.05, 0) is 5.56 Å². The van der Waals surface area contributed by atoms with Crippen molar-refractivity contribution in [2.24, 2.45) is 0 Å². The first-order valence-corrected chi connectivity index (χ1v) is 6.72. The molecule has 0 fully saturated rings. The summed E-state index contributed by atoms with van der Waals surface area (Å²) in [5, 5.41) is 9.80. The first-order chi connectivity index (χ1) is 10.7. The Kier molecular flexibility index (Phi) is 3.46. The number of hydrogen-bond donors (Lipinski definition) is 2. The smallest absolute Gasteiger partial charge is 0.148 e. The third-order valence-corrected chi connectivity index (χ3v) is 3.42. The molecular weight excluding hydrogens is 276 g/mol. The summed E-state index contributed by atoms with van der Waals surface area (Å²) in [4.78, 5) is 8.13. The van der Waals surface area contributed by atoms with Crippen LogP contribution in [0, 0.1) is 11.3 Å². The number of nitrogens with two attached hydrogens (primary N) is 2. The zero-order valence-corrected chi connectivity index (χ0v) is 11.8. The lowest BCUT2D eigenvalue weighted by Crippen LogP contribution is -2.02. The van der Waals surface area contributed by atoms with Crippen molar-refractivity contribution in [3.8, 4) is 6.07 Å². The average Bonchev–Trinajstić information content (AvgIpc) is 2.82. The van der Waals surface area contributed by atoms with Gasteiger partial charge in [-0.25, -0.2) is 9.97 Å². The molecule has 0 radical (unpaired) electrons. The fraction of sp³-hybridized carbons (Fsp3) is 0.0625. The summed E-state index contributed by atoms with van der Waals surface area (Å²) >= 11 is 0. The monoisotopic (exact) mass is 290 g/mol. The molecule has 0 saturated heterocycles. The van der Waals surface area contributed by atoms with Gasteiger partial charge in [-0.2, -0.15) is 5.26 Å². The Labute approximate surface area is 127 Å². The van der Waals surface area contributed by atoms with Crippen molar-refractivity contribution in [2.75, 3.05) is 11.5 Å². The van der Waals surface area contributed by atoms with Gasteiger partial charge in [0, 0.05) is 6.54 Å². The molecule has 6 nitrogen and oxygen atoms in total. The summed E-state index contributed by atoms with van der Waals surface area (Å²) in [5.41, 5.74) is 13.9. The second-order valence-corrected chi connectivity index (χ2v) is 4.75. The van der Waals surface area contributed by atoms with E-state index >= 15 is 0 Å². The van der Waals surface area contributed by atoms with Gasteiger partial charge in [-0.1, -0.05) is 42.5 Å². The molecule has 3 rings (SSSR count). The molecular formula is C16H14N6. The van der Waals surface area contributed by atoms with Gasteiger partial charge in [0.15, 0.2) is 0 Å². The Morgan fingerprint density at radius 2 is 1.95 bits per heavy atom. The second kappa shape index (κ2) is 5.58. The van der Waals surface area contributed by atoms with E-state index in [1.165, 1.54) is 6.33 Å². The molecule has 0 aliphatic heterocycles. The maximum absolute atomic E-state index is 9.29. The Morgan fingerprint density at radius 3 is 2.68 bits per heavy atom. The van der Waals surface area contributed by atoms with Gasteiger partial charge in [-0.3, -0.25) is 0 Å². The molecule has 0 saturated carbocycles. The van der Waals surface area contributed by atoms with Gasteiger partial charge >= 0.3 is 0 Å². The number of hydrogen-bond acceptors (Lipinski definition) is 5. The fourth-order valence-corrected chi connectivity index (χ4v) is 2.37. The van der Waals surface area contributed by atoms with E-state index in [4.69, 9.17) is 11.5 Å². The molecule has 2 aromatic heterocycles. The molecule has 0 atom stereocenters. The van der Waals surface area contributed by atoms with Crippen LogP contribution in [0.15, 0.2) is 42.7 Å². The van der Waals surface area contributed by atoms with E-state index in [0.29, 0.717) is 29.0 Å². The van der Waals surface area contributed by atoms with Gasteiger partial charge in [0.05, 0.1) is 5.39 Å². The molecule has 0 aliphatic carbocycles. The lowest BCUT2D eigenvalue weighted by atomic mass is 10.2. The van der Waals surface area contributed by atoms with E-state index in [0.717, 1.165) is 5.56 Å². The van der Waals surface area contributed by atoms with Crippen LogP contribution >= 0.6 is 0 Å². The van der Waals surface area contributed by atoms with Crippen LogP contribution in [0.4, 0.5) is 11.6 Å². The van der Waals surface area contributed by atoms with Gasteiger partial charge in [0.25, 0.3) is 0 Å². The number of fused-ring (bicyclic) bond motifs is 1. The maximum Gasteiger partial charge on any atom is 0.148 e. The first-order valence-electron chi connectivity index (χ1n) is 6.72. The summed E-state index contributed by atoms with van der Waals surface area (Å²) in [7, 11) is 0. The number of allylic oxidation sites excluding steroid dienone is 1. The summed E-state index contributed by atoms with van der Waals surface area (Å²) in [6, 6.07) is 12.0. The highest BCUT2D eigenvalue weighted by molar-refractivity contribution is 5.96. The molecule has 3 aromatic rings. The van der Waals surface area contributed by atoms with E-state index in [1.54, 1.807) is 4.57 Å². The summed E-state index contributed by atoms with van der Waals surface area (Å²) in [5.74, 6) is 0.612. The molecule has 0 bridgehead atoms. The minimum Gasteiger partial charge on any atom is -0.384 e. The second-order valence-electron chi connectivity index (χ2n) is 4.75. The van der Waals surface area contributed by atoms with Gasteiger partial charge in [-0.15, -0.1) is 0 Å². The maximum atomic E-state index is 9.29. The van der Waals surface area contributed by atoms with E-state index in [-0.39, 0.29) is 5.82 Å². The van der Waals surface area contributed by atoms with Crippen LogP contribution in [-0.2, 0) is 6.54 Å². The van der Waals surface area contributed by atoms with E-state index in [1.807, 2.05) is 42.5 Å². The van der Waals surface area contributed by atoms with Crippen LogP contribution in [0.5, 0.6) is 0 Å². The molecule has 1 aromatic carbocycles. The van der Waals surface area contributed by atoms with Crippen LogP contribution < -0.4 is 11.5 Å². The predicted octanol–water partition coefficient (Wildman–Crippen LogP) is 2.18. The van der Waals surface area contributed by atoms with Crippen molar-refractivity contribution in [3.05, 3.63) is 53.9 Å². The number of nitrogen functional groups attached to an aromatic ring is 2. The fourth-order valence-electron chi connectivity index (χ4n) is 2.37. The standard InChI is InChI=1S/C16H14N6/c17-9-12-13-14(18)20-10-21-16(13)22(15(12)19)8-4-7-11-5-2-1-3-6-11/h1-7,10H,8,19H2,(H2,18,20,21). The highest BCUT2D eigenvalue weighted by Crippen LogP contribution is 2.29. The Morgan fingerprint density at radius 1 is 1.18 bits per heavy atom.